The summed E-state index contributed by atoms with van der Waals surface area (Å²) in [7, 11) is -2.93. The molecule has 24 heavy (non-hydrogen) atoms. The van der Waals surface area contributed by atoms with Crippen LogP contribution in [0.4, 0.5) is 0 Å². The maximum absolute atomic E-state index is 11.9. The quantitative estimate of drug-likeness (QED) is 0.781. The molecular weight excluding hydrogens is 326 g/mol. The molecule has 2 fully saturated rings. The highest BCUT2D eigenvalue weighted by Gasteiger charge is 2.34. The van der Waals surface area contributed by atoms with E-state index in [9.17, 15) is 8.42 Å². The smallest absolute Gasteiger partial charge is 0.165 e. The molecule has 1 aliphatic heterocycles. The first kappa shape index (κ1) is 15.7. The molecule has 1 aliphatic carbocycles. The summed E-state index contributed by atoms with van der Waals surface area (Å²) in [4.78, 5) is 2.21. The van der Waals surface area contributed by atoms with Crippen molar-refractivity contribution in [3.05, 3.63) is 41.7 Å². The van der Waals surface area contributed by atoms with Gasteiger partial charge >= 0.3 is 0 Å². The second kappa shape index (κ2) is 6.25. The average molecular weight is 347 g/mol. The molecule has 4 rings (SSSR count). The molecule has 1 aromatic heterocycles. The Balaban J connectivity index is 1.56. The van der Waals surface area contributed by atoms with Gasteiger partial charge in [0.15, 0.2) is 15.7 Å². The Morgan fingerprint density at radius 3 is 2.58 bits per heavy atom. The molecule has 0 radical (unpaired) electrons. The van der Waals surface area contributed by atoms with Crippen molar-refractivity contribution in [1.82, 2.24) is 25.1 Å². The topological polar surface area (TPSA) is 81.0 Å². The van der Waals surface area contributed by atoms with Gasteiger partial charge in [0.25, 0.3) is 0 Å². The van der Waals surface area contributed by atoms with Gasteiger partial charge in [-0.25, -0.2) is 13.1 Å². The molecule has 2 heterocycles. The number of nitrogens with zero attached hydrogens (tertiary/aromatic N) is 5. The fourth-order valence-corrected chi connectivity index (χ4v) is 5.06. The van der Waals surface area contributed by atoms with Gasteiger partial charge in [0.05, 0.1) is 24.1 Å². The zero-order valence-corrected chi connectivity index (χ0v) is 14.3. The van der Waals surface area contributed by atoms with Crippen LogP contribution in [0, 0.1) is 0 Å². The first-order valence-corrected chi connectivity index (χ1v) is 10.2. The largest absolute Gasteiger partial charge is 0.288 e. The first-order valence-electron chi connectivity index (χ1n) is 8.36. The number of hydrogen-bond donors (Lipinski definition) is 0. The van der Waals surface area contributed by atoms with E-state index in [4.69, 9.17) is 0 Å². The molecule has 2 aliphatic rings. The zero-order chi connectivity index (χ0) is 16.6. The minimum Gasteiger partial charge on any atom is -0.288 e. The molecule has 7 nitrogen and oxygen atoms in total. The van der Waals surface area contributed by atoms with Crippen LogP contribution >= 0.6 is 0 Å². The van der Waals surface area contributed by atoms with E-state index in [1.807, 2.05) is 22.9 Å². The van der Waals surface area contributed by atoms with Gasteiger partial charge in [-0.2, -0.15) is 0 Å². The van der Waals surface area contributed by atoms with E-state index < -0.39 is 9.84 Å². The first-order chi connectivity index (χ1) is 11.6. The van der Waals surface area contributed by atoms with E-state index >= 15 is 0 Å². The number of hydrogen-bond acceptors (Lipinski definition) is 6. The molecular formula is C16H21N5O2S. The van der Waals surface area contributed by atoms with E-state index in [2.05, 4.69) is 32.6 Å². The van der Waals surface area contributed by atoms with Crippen LogP contribution < -0.4 is 0 Å². The lowest BCUT2D eigenvalue weighted by Crippen LogP contribution is -2.36. The molecule has 1 saturated carbocycles. The summed E-state index contributed by atoms with van der Waals surface area (Å²) >= 11 is 0. The number of tetrazole rings is 1. The standard InChI is InChI=1S/C16H21N5O2S/c22-24(23)9-8-15(12-24)20(10-13-4-2-1-3-5-13)11-16-17-18-19-21(16)14-6-7-14/h1-5,14-15H,6-12H2/t15-/m0/s1. The van der Waals surface area contributed by atoms with Crippen LogP contribution in [-0.4, -0.2) is 51.1 Å². The predicted octanol–water partition coefficient (Wildman–Crippen LogP) is 1.20. The summed E-state index contributed by atoms with van der Waals surface area (Å²) < 4.78 is 25.7. The molecule has 0 amide bonds. The maximum Gasteiger partial charge on any atom is 0.165 e. The second-order valence-electron chi connectivity index (χ2n) is 6.72. The Morgan fingerprint density at radius 2 is 1.92 bits per heavy atom. The molecule has 8 heteroatoms. The van der Waals surface area contributed by atoms with Crippen LogP contribution in [0.3, 0.4) is 0 Å². The van der Waals surface area contributed by atoms with Gasteiger partial charge in [0.2, 0.25) is 0 Å². The monoisotopic (exact) mass is 347 g/mol. The van der Waals surface area contributed by atoms with Crippen molar-refractivity contribution in [2.75, 3.05) is 11.5 Å². The van der Waals surface area contributed by atoms with Crippen molar-refractivity contribution in [3.8, 4) is 0 Å². The highest BCUT2D eigenvalue weighted by atomic mass is 32.2. The van der Waals surface area contributed by atoms with Gasteiger partial charge in [-0.05, 0) is 35.3 Å². The van der Waals surface area contributed by atoms with Crippen molar-refractivity contribution in [2.45, 2.75) is 44.4 Å². The molecule has 0 N–H and O–H groups in total. The minimum absolute atomic E-state index is 0.0274. The summed E-state index contributed by atoms with van der Waals surface area (Å²) in [6, 6.07) is 10.6. The van der Waals surface area contributed by atoms with Crippen LogP contribution in [0.5, 0.6) is 0 Å². The van der Waals surface area contributed by atoms with Gasteiger partial charge in [-0.3, -0.25) is 4.90 Å². The molecule has 2 aromatic rings. The molecule has 1 aromatic carbocycles. The molecule has 128 valence electrons. The van der Waals surface area contributed by atoms with Crippen molar-refractivity contribution in [2.24, 2.45) is 0 Å². The van der Waals surface area contributed by atoms with E-state index in [0.717, 1.165) is 18.7 Å². The number of rotatable bonds is 6. The lowest BCUT2D eigenvalue weighted by Gasteiger charge is -2.27. The minimum atomic E-state index is -2.93. The molecule has 1 saturated heterocycles. The van der Waals surface area contributed by atoms with Crippen LogP contribution in [-0.2, 0) is 22.9 Å². The van der Waals surface area contributed by atoms with E-state index in [1.165, 1.54) is 5.56 Å². The predicted molar refractivity (Wildman–Crippen MR) is 88.8 cm³/mol. The number of aromatic nitrogens is 4. The zero-order valence-electron chi connectivity index (χ0n) is 13.5. The Hall–Kier alpha value is -1.80. The van der Waals surface area contributed by atoms with Crippen molar-refractivity contribution >= 4 is 9.84 Å². The normalized spacial score (nSPS) is 23.0. The molecule has 0 bridgehead atoms. The van der Waals surface area contributed by atoms with Crippen molar-refractivity contribution in [3.63, 3.8) is 0 Å². The highest BCUT2D eigenvalue weighted by molar-refractivity contribution is 7.91. The lowest BCUT2D eigenvalue weighted by molar-refractivity contribution is 0.186. The van der Waals surface area contributed by atoms with Gasteiger partial charge in [0, 0.05) is 12.6 Å². The van der Waals surface area contributed by atoms with Gasteiger partial charge < -0.3 is 0 Å². The summed E-state index contributed by atoms with van der Waals surface area (Å²) in [5.41, 5.74) is 1.17. The van der Waals surface area contributed by atoms with E-state index in [-0.39, 0.29) is 17.5 Å². The third-order valence-electron chi connectivity index (χ3n) is 4.75. The van der Waals surface area contributed by atoms with Crippen molar-refractivity contribution in [1.29, 1.82) is 0 Å². The van der Waals surface area contributed by atoms with Crippen LogP contribution in [0.15, 0.2) is 30.3 Å². The maximum atomic E-state index is 11.9. The average Bonchev–Trinajstić information content (AvgIpc) is 3.20. The number of sulfone groups is 1. The Kier molecular flexibility index (Phi) is 4.09. The fourth-order valence-electron chi connectivity index (χ4n) is 3.30. The second-order valence-corrected chi connectivity index (χ2v) is 8.95. The van der Waals surface area contributed by atoms with E-state index in [0.29, 0.717) is 25.6 Å². The SMILES string of the molecule is O=S1(=O)CC[C@H](N(Cc2ccccc2)Cc2nnnn2C2CC2)C1. The highest BCUT2D eigenvalue weighted by Crippen LogP contribution is 2.35. The van der Waals surface area contributed by atoms with Crippen LogP contribution in [0.2, 0.25) is 0 Å². The van der Waals surface area contributed by atoms with Crippen molar-refractivity contribution < 1.29 is 8.42 Å². The van der Waals surface area contributed by atoms with Gasteiger partial charge in [-0.1, -0.05) is 30.3 Å². The van der Waals surface area contributed by atoms with Crippen LogP contribution in [0.1, 0.15) is 36.7 Å². The third-order valence-corrected chi connectivity index (χ3v) is 6.50. The summed E-state index contributed by atoms with van der Waals surface area (Å²) in [5, 5.41) is 12.1. The Morgan fingerprint density at radius 1 is 1.12 bits per heavy atom. The summed E-state index contributed by atoms with van der Waals surface area (Å²) in [6.07, 6.45) is 2.92. The molecule has 0 spiro atoms. The fraction of sp³-hybridized carbons (Fsp3) is 0.562. The third kappa shape index (κ3) is 3.49. The van der Waals surface area contributed by atoms with Crippen LogP contribution in [0.25, 0.3) is 0 Å². The molecule has 1 atom stereocenters. The van der Waals surface area contributed by atoms with Gasteiger partial charge in [-0.15, -0.1) is 5.10 Å². The summed E-state index contributed by atoms with van der Waals surface area (Å²) in [6.45, 7) is 1.29. The molecule has 0 unspecified atom stereocenters. The lowest BCUT2D eigenvalue weighted by atomic mass is 10.1. The van der Waals surface area contributed by atoms with E-state index in [1.54, 1.807) is 0 Å². The Bertz CT molecular complexity index is 801. The Labute approximate surface area is 141 Å². The number of benzene rings is 1. The summed E-state index contributed by atoms with van der Waals surface area (Å²) in [5.74, 6) is 1.33. The van der Waals surface area contributed by atoms with Gasteiger partial charge in [0.1, 0.15) is 0 Å².